The van der Waals surface area contributed by atoms with Gasteiger partial charge in [-0.3, -0.25) is 0 Å². The first-order valence-corrected chi connectivity index (χ1v) is 8.63. The molecule has 0 atom stereocenters. The van der Waals surface area contributed by atoms with Crippen LogP contribution < -0.4 is 0 Å². The van der Waals surface area contributed by atoms with Gasteiger partial charge in [-0.05, 0) is 36.6 Å². The highest BCUT2D eigenvalue weighted by atomic mass is 32.2. The number of unbranched alkanes of at least 4 members (excludes halogenated alkanes) is 1. The maximum Gasteiger partial charge on any atom is 0.191 e. The van der Waals surface area contributed by atoms with Crippen molar-refractivity contribution in [1.29, 1.82) is 0 Å². The van der Waals surface area contributed by atoms with Crippen LogP contribution in [-0.4, -0.2) is 35.0 Å². The smallest absolute Gasteiger partial charge is 0.191 e. The zero-order valence-corrected chi connectivity index (χ0v) is 13.4. The van der Waals surface area contributed by atoms with E-state index in [0.717, 1.165) is 48.5 Å². The van der Waals surface area contributed by atoms with E-state index in [1.165, 1.54) is 12.8 Å². The van der Waals surface area contributed by atoms with Crippen LogP contribution in [0.4, 0.5) is 0 Å². The molecule has 8 heteroatoms. The summed E-state index contributed by atoms with van der Waals surface area (Å²) >= 11 is 1.67. The molecule has 3 rings (SSSR count). The van der Waals surface area contributed by atoms with Gasteiger partial charge in [0.1, 0.15) is 5.82 Å². The second-order valence-electron chi connectivity index (χ2n) is 5.32. The Labute approximate surface area is 128 Å². The molecule has 2 heterocycles. The Morgan fingerprint density at radius 1 is 1.19 bits per heavy atom. The maximum atomic E-state index is 4.35. The number of hydrogen-bond donors (Lipinski definition) is 0. The molecule has 1 fully saturated rings. The third-order valence-corrected chi connectivity index (χ3v) is 4.63. The van der Waals surface area contributed by atoms with E-state index >= 15 is 0 Å². The van der Waals surface area contributed by atoms with Crippen molar-refractivity contribution in [3.05, 3.63) is 11.6 Å². The lowest BCUT2D eigenvalue weighted by atomic mass is 10.3. The lowest BCUT2D eigenvalue weighted by Crippen LogP contribution is -2.06. The first kappa shape index (κ1) is 14.5. The van der Waals surface area contributed by atoms with Gasteiger partial charge >= 0.3 is 0 Å². The van der Waals surface area contributed by atoms with Crippen LogP contribution in [0.3, 0.4) is 0 Å². The number of hydrogen-bond acceptors (Lipinski definition) is 6. The molecule has 0 unspecified atom stereocenters. The summed E-state index contributed by atoms with van der Waals surface area (Å²) in [5.74, 6) is 3.42. The van der Waals surface area contributed by atoms with E-state index in [1.54, 1.807) is 11.8 Å². The molecule has 7 nitrogen and oxygen atoms in total. The molecule has 0 amide bonds. The fraction of sp³-hybridized carbons (Fsp3) is 0.769. The average Bonchev–Trinajstić information content (AvgIpc) is 3.11. The second kappa shape index (κ2) is 6.55. The Hall–Kier alpha value is -1.44. The van der Waals surface area contributed by atoms with Gasteiger partial charge in [0.2, 0.25) is 0 Å². The fourth-order valence-corrected chi connectivity index (χ4v) is 3.23. The minimum Gasteiger partial charge on any atom is -0.306 e. The summed E-state index contributed by atoms with van der Waals surface area (Å²) in [7, 11) is 0. The Kier molecular flexibility index (Phi) is 4.52. The molecule has 1 aliphatic carbocycles. The van der Waals surface area contributed by atoms with Gasteiger partial charge in [-0.1, -0.05) is 25.1 Å². The minimum atomic E-state index is 0.627. The van der Waals surface area contributed by atoms with Gasteiger partial charge in [-0.2, -0.15) is 0 Å². The van der Waals surface area contributed by atoms with E-state index in [4.69, 9.17) is 0 Å². The summed E-state index contributed by atoms with van der Waals surface area (Å²) in [6.07, 6.45) is 4.73. The van der Waals surface area contributed by atoms with Gasteiger partial charge in [0.15, 0.2) is 11.0 Å². The van der Waals surface area contributed by atoms with Crippen molar-refractivity contribution in [3.63, 3.8) is 0 Å². The van der Waals surface area contributed by atoms with E-state index in [1.807, 2.05) is 4.68 Å². The molecule has 0 spiro atoms. The Bertz CT molecular complexity index is 587. The summed E-state index contributed by atoms with van der Waals surface area (Å²) < 4.78 is 4.12. The molecule has 2 aromatic rings. The highest BCUT2D eigenvalue weighted by Crippen LogP contribution is 2.40. The lowest BCUT2D eigenvalue weighted by molar-refractivity contribution is 0.540. The molecular formula is C13H21N7S. The summed E-state index contributed by atoms with van der Waals surface area (Å²) in [5.41, 5.74) is 0. The van der Waals surface area contributed by atoms with Crippen LogP contribution in [0.25, 0.3) is 0 Å². The molecule has 1 aliphatic rings. The molecule has 114 valence electrons. The van der Waals surface area contributed by atoms with Gasteiger partial charge < -0.3 is 4.57 Å². The number of aromatic nitrogens is 7. The molecule has 0 aromatic carbocycles. The Morgan fingerprint density at radius 3 is 2.76 bits per heavy atom. The van der Waals surface area contributed by atoms with Gasteiger partial charge in [-0.15, -0.1) is 15.3 Å². The summed E-state index contributed by atoms with van der Waals surface area (Å²) in [5, 5.41) is 21.6. The third kappa shape index (κ3) is 3.25. The van der Waals surface area contributed by atoms with E-state index in [-0.39, 0.29) is 0 Å². The molecule has 0 bridgehead atoms. The normalized spacial score (nSPS) is 14.8. The highest BCUT2D eigenvalue weighted by molar-refractivity contribution is 7.98. The zero-order valence-electron chi connectivity index (χ0n) is 12.6. The van der Waals surface area contributed by atoms with Crippen molar-refractivity contribution in [3.8, 4) is 0 Å². The van der Waals surface area contributed by atoms with Crippen LogP contribution in [0.15, 0.2) is 5.16 Å². The Morgan fingerprint density at radius 2 is 2.05 bits per heavy atom. The topological polar surface area (TPSA) is 74.3 Å². The summed E-state index contributed by atoms with van der Waals surface area (Å²) in [6.45, 7) is 6.11. The van der Waals surface area contributed by atoms with E-state index in [2.05, 4.69) is 44.1 Å². The fourth-order valence-electron chi connectivity index (χ4n) is 2.28. The van der Waals surface area contributed by atoms with Crippen LogP contribution in [-0.2, 0) is 18.8 Å². The number of nitrogens with zero attached hydrogens (tertiary/aromatic N) is 7. The lowest BCUT2D eigenvalue weighted by Gasteiger charge is -2.06. The van der Waals surface area contributed by atoms with Crippen LogP contribution in [0.5, 0.6) is 0 Å². The average molecular weight is 307 g/mol. The first-order valence-electron chi connectivity index (χ1n) is 7.64. The molecular weight excluding hydrogens is 286 g/mol. The minimum absolute atomic E-state index is 0.627. The van der Waals surface area contributed by atoms with E-state index in [0.29, 0.717) is 5.92 Å². The van der Waals surface area contributed by atoms with Crippen molar-refractivity contribution in [2.45, 2.75) is 69.4 Å². The molecule has 0 radical (unpaired) electrons. The summed E-state index contributed by atoms with van der Waals surface area (Å²) in [6, 6.07) is 0. The van der Waals surface area contributed by atoms with Crippen LogP contribution >= 0.6 is 11.8 Å². The quantitative estimate of drug-likeness (QED) is 0.696. The van der Waals surface area contributed by atoms with Crippen LogP contribution in [0.1, 0.15) is 57.1 Å². The molecule has 0 saturated heterocycles. The molecule has 0 aliphatic heterocycles. The predicted octanol–water partition coefficient (Wildman–Crippen LogP) is 2.25. The largest absolute Gasteiger partial charge is 0.306 e. The SMILES string of the molecule is CCCCn1nnnc1CSc1nnc(C2CC2)n1CC. The third-order valence-electron chi connectivity index (χ3n) is 3.66. The monoisotopic (exact) mass is 307 g/mol. The summed E-state index contributed by atoms with van der Waals surface area (Å²) in [4.78, 5) is 0. The number of thioether (sulfide) groups is 1. The Balaban J connectivity index is 1.66. The van der Waals surface area contributed by atoms with E-state index in [9.17, 15) is 0 Å². The van der Waals surface area contributed by atoms with E-state index < -0.39 is 0 Å². The molecule has 0 N–H and O–H groups in total. The van der Waals surface area contributed by atoms with Crippen LogP contribution in [0, 0.1) is 0 Å². The maximum absolute atomic E-state index is 4.35. The van der Waals surface area contributed by atoms with Crippen molar-refractivity contribution >= 4 is 11.8 Å². The van der Waals surface area contributed by atoms with Crippen molar-refractivity contribution in [2.24, 2.45) is 0 Å². The van der Waals surface area contributed by atoms with Crippen molar-refractivity contribution in [1.82, 2.24) is 35.0 Å². The molecule has 1 saturated carbocycles. The molecule has 2 aromatic heterocycles. The highest BCUT2D eigenvalue weighted by Gasteiger charge is 2.30. The van der Waals surface area contributed by atoms with Crippen molar-refractivity contribution in [2.75, 3.05) is 0 Å². The number of tetrazole rings is 1. The standard InChI is InChI=1S/C13H21N7S/c1-3-5-8-20-11(14-17-18-20)9-21-13-16-15-12(10-6-7-10)19(13)4-2/h10H,3-9H2,1-2H3. The van der Waals surface area contributed by atoms with Crippen molar-refractivity contribution < 1.29 is 0 Å². The number of aryl methyl sites for hydroxylation is 1. The first-order chi connectivity index (χ1) is 10.3. The predicted molar refractivity (Wildman–Crippen MR) is 80.0 cm³/mol. The molecule has 21 heavy (non-hydrogen) atoms. The van der Waals surface area contributed by atoms with Gasteiger partial charge in [0.05, 0.1) is 5.75 Å². The number of rotatable bonds is 8. The van der Waals surface area contributed by atoms with Crippen LogP contribution in [0.2, 0.25) is 0 Å². The zero-order chi connectivity index (χ0) is 14.7. The van der Waals surface area contributed by atoms with Gasteiger partial charge in [0, 0.05) is 19.0 Å². The van der Waals surface area contributed by atoms with Gasteiger partial charge in [-0.25, -0.2) is 4.68 Å². The second-order valence-corrected chi connectivity index (χ2v) is 6.26. The van der Waals surface area contributed by atoms with Gasteiger partial charge in [0.25, 0.3) is 0 Å².